The highest BCUT2D eigenvalue weighted by Crippen LogP contribution is 2.33. The Morgan fingerprint density at radius 2 is 2.05 bits per heavy atom. The number of fused-ring (bicyclic) bond motifs is 1. The predicted molar refractivity (Wildman–Crippen MR) is 79.8 cm³/mol. The lowest BCUT2D eigenvalue weighted by Gasteiger charge is -2.03. The van der Waals surface area contributed by atoms with Crippen LogP contribution in [0.25, 0.3) is 5.57 Å². The van der Waals surface area contributed by atoms with Crippen molar-refractivity contribution in [3.8, 4) is 5.75 Å². The van der Waals surface area contributed by atoms with Gasteiger partial charge in [0.25, 0.3) is 5.91 Å². The molecule has 4 nitrogen and oxygen atoms in total. The number of halogens is 1. The third-order valence-corrected chi connectivity index (χ3v) is 3.23. The number of benzene rings is 2. The highest BCUT2D eigenvalue weighted by atomic mass is 35.5. The molecule has 1 heterocycles. The number of rotatable bonds is 2. The maximum absolute atomic E-state index is 11.9. The fourth-order valence-corrected chi connectivity index (χ4v) is 2.23. The van der Waals surface area contributed by atoms with Crippen molar-refractivity contribution >= 4 is 34.5 Å². The second-order valence-electron chi connectivity index (χ2n) is 4.40. The van der Waals surface area contributed by atoms with Gasteiger partial charge in [-0.05, 0) is 30.3 Å². The number of nitrogens with one attached hydrogen (secondary N) is 2. The van der Waals surface area contributed by atoms with E-state index in [0.717, 1.165) is 11.3 Å². The number of amides is 1. The molecule has 0 aromatic heterocycles. The lowest BCUT2D eigenvalue weighted by molar-refractivity contribution is -0.110. The van der Waals surface area contributed by atoms with Crippen molar-refractivity contribution in [2.45, 2.75) is 0 Å². The second-order valence-corrected chi connectivity index (χ2v) is 4.83. The zero-order valence-electron chi connectivity index (χ0n) is 10.4. The van der Waals surface area contributed by atoms with E-state index in [-0.39, 0.29) is 11.7 Å². The minimum absolute atomic E-state index is 0.160. The van der Waals surface area contributed by atoms with Gasteiger partial charge in [0, 0.05) is 34.2 Å². The first kappa shape index (κ1) is 12.6. The van der Waals surface area contributed by atoms with E-state index in [2.05, 4.69) is 10.6 Å². The third-order valence-electron chi connectivity index (χ3n) is 2.99. The van der Waals surface area contributed by atoms with Gasteiger partial charge in [-0.15, -0.1) is 0 Å². The molecule has 1 aliphatic rings. The van der Waals surface area contributed by atoms with E-state index in [0.29, 0.717) is 16.3 Å². The molecule has 0 atom stereocenters. The van der Waals surface area contributed by atoms with Gasteiger partial charge >= 0.3 is 0 Å². The monoisotopic (exact) mass is 286 g/mol. The number of phenolic OH excluding ortho intramolecular Hbond substituents is 1. The molecule has 0 radical (unpaired) electrons. The first-order valence-corrected chi connectivity index (χ1v) is 6.38. The summed E-state index contributed by atoms with van der Waals surface area (Å²) in [4.78, 5) is 11.9. The molecule has 0 bridgehead atoms. The van der Waals surface area contributed by atoms with Gasteiger partial charge in [-0.3, -0.25) is 4.79 Å². The lowest BCUT2D eigenvalue weighted by atomic mass is 10.1. The molecular formula is C15H11ClN2O2. The zero-order valence-corrected chi connectivity index (χ0v) is 11.1. The number of hydrogen-bond acceptors (Lipinski definition) is 3. The van der Waals surface area contributed by atoms with Gasteiger partial charge in [-0.25, -0.2) is 0 Å². The topological polar surface area (TPSA) is 61.4 Å². The normalized spacial score (nSPS) is 15.1. The van der Waals surface area contributed by atoms with Crippen molar-refractivity contribution in [1.29, 1.82) is 0 Å². The highest BCUT2D eigenvalue weighted by Gasteiger charge is 2.24. The molecule has 3 rings (SSSR count). The van der Waals surface area contributed by atoms with Crippen LogP contribution in [0, 0.1) is 0 Å². The van der Waals surface area contributed by atoms with Crippen molar-refractivity contribution in [3.63, 3.8) is 0 Å². The number of anilines is 2. The van der Waals surface area contributed by atoms with Gasteiger partial charge in [0.05, 0.1) is 5.57 Å². The average molecular weight is 287 g/mol. The Kier molecular flexibility index (Phi) is 3.08. The smallest absolute Gasteiger partial charge is 0.257 e. The van der Waals surface area contributed by atoms with E-state index in [1.165, 1.54) is 0 Å². The minimum Gasteiger partial charge on any atom is -0.508 e. The Morgan fingerprint density at radius 3 is 2.85 bits per heavy atom. The Labute approximate surface area is 120 Å². The molecule has 0 aliphatic carbocycles. The van der Waals surface area contributed by atoms with Gasteiger partial charge < -0.3 is 15.7 Å². The van der Waals surface area contributed by atoms with Crippen LogP contribution in [-0.4, -0.2) is 11.0 Å². The van der Waals surface area contributed by atoms with Gasteiger partial charge in [0.2, 0.25) is 0 Å². The molecule has 3 N–H and O–H groups in total. The maximum Gasteiger partial charge on any atom is 0.257 e. The van der Waals surface area contributed by atoms with Crippen LogP contribution in [0.1, 0.15) is 5.56 Å². The summed E-state index contributed by atoms with van der Waals surface area (Å²) in [5.74, 6) is -0.0253. The molecule has 2 aromatic rings. The second kappa shape index (κ2) is 4.90. The first-order chi connectivity index (χ1) is 9.63. The van der Waals surface area contributed by atoms with Crippen LogP contribution >= 0.6 is 11.6 Å². The van der Waals surface area contributed by atoms with Gasteiger partial charge in [0.15, 0.2) is 0 Å². The Morgan fingerprint density at radius 1 is 1.20 bits per heavy atom. The van der Waals surface area contributed by atoms with Crippen molar-refractivity contribution in [1.82, 2.24) is 0 Å². The van der Waals surface area contributed by atoms with E-state index in [9.17, 15) is 9.90 Å². The summed E-state index contributed by atoms with van der Waals surface area (Å²) in [6.45, 7) is 0. The average Bonchev–Trinajstić information content (AvgIpc) is 2.72. The molecular weight excluding hydrogens is 276 g/mol. The van der Waals surface area contributed by atoms with E-state index in [1.807, 2.05) is 0 Å². The number of carbonyl (C=O) groups is 1. The van der Waals surface area contributed by atoms with E-state index in [4.69, 9.17) is 11.6 Å². The van der Waals surface area contributed by atoms with Crippen LogP contribution in [0.2, 0.25) is 5.02 Å². The van der Waals surface area contributed by atoms with Crippen LogP contribution in [0.5, 0.6) is 5.75 Å². The van der Waals surface area contributed by atoms with E-state index in [1.54, 1.807) is 48.7 Å². The summed E-state index contributed by atoms with van der Waals surface area (Å²) in [6, 6.07) is 11.9. The molecule has 0 unspecified atom stereocenters. The van der Waals surface area contributed by atoms with Crippen molar-refractivity contribution in [2.24, 2.45) is 0 Å². The molecule has 1 aliphatic heterocycles. The fourth-order valence-electron chi connectivity index (χ4n) is 2.05. The molecule has 2 aromatic carbocycles. The van der Waals surface area contributed by atoms with Crippen molar-refractivity contribution in [3.05, 3.63) is 59.3 Å². The number of phenols is 1. The number of hydrogen-bond donors (Lipinski definition) is 3. The summed E-state index contributed by atoms with van der Waals surface area (Å²) >= 11 is 5.95. The predicted octanol–water partition coefficient (Wildman–Crippen LogP) is 3.45. The molecule has 0 saturated heterocycles. The summed E-state index contributed by atoms with van der Waals surface area (Å²) in [5, 5.41) is 15.7. The molecule has 0 fully saturated rings. The number of carbonyl (C=O) groups excluding carboxylic acids is 1. The molecule has 20 heavy (non-hydrogen) atoms. The van der Waals surface area contributed by atoms with Crippen LogP contribution < -0.4 is 10.6 Å². The molecule has 0 saturated carbocycles. The third kappa shape index (κ3) is 2.33. The molecule has 0 spiro atoms. The summed E-state index contributed by atoms with van der Waals surface area (Å²) in [6.07, 6.45) is 1.60. The van der Waals surface area contributed by atoms with E-state index < -0.39 is 0 Å². The summed E-state index contributed by atoms with van der Waals surface area (Å²) in [7, 11) is 0. The largest absolute Gasteiger partial charge is 0.508 e. The SMILES string of the molecule is O=C1Nc2ccc(Cl)cc2/C1=C\Nc1cccc(O)c1. The number of aromatic hydroxyl groups is 1. The molecule has 1 amide bonds. The summed E-state index contributed by atoms with van der Waals surface area (Å²) in [5.41, 5.74) is 2.70. The molecule has 100 valence electrons. The maximum atomic E-state index is 11.9. The van der Waals surface area contributed by atoms with Crippen LogP contribution in [-0.2, 0) is 4.79 Å². The van der Waals surface area contributed by atoms with E-state index >= 15 is 0 Å². The summed E-state index contributed by atoms with van der Waals surface area (Å²) < 4.78 is 0. The van der Waals surface area contributed by atoms with Gasteiger partial charge in [-0.2, -0.15) is 0 Å². The van der Waals surface area contributed by atoms with Crippen LogP contribution in [0.15, 0.2) is 48.7 Å². The first-order valence-electron chi connectivity index (χ1n) is 6.00. The Hall–Kier alpha value is -2.46. The van der Waals surface area contributed by atoms with Crippen LogP contribution in [0.3, 0.4) is 0 Å². The molecule has 5 heteroatoms. The quantitative estimate of drug-likeness (QED) is 0.741. The zero-order chi connectivity index (χ0) is 14.1. The van der Waals surface area contributed by atoms with Crippen LogP contribution in [0.4, 0.5) is 11.4 Å². The standard InChI is InChI=1S/C15H11ClN2O2/c16-9-4-5-14-12(6-9)13(15(20)18-14)8-17-10-2-1-3-11(19)7-10/h1-8,17,19H,(H,18,20)/b13-8+. The Balaban J connectivity index is 1.93. The van der Waals surface area contributed by atoms with Crippen molar-refractivity contribution in [2.75, 3.05) is 10.6 Å². The minimum atomic E-state index is -0.185. The van der Waals surface area contributed by atoms with Gasteiger partial charge in [0.1, 0.15) is 5.75 Å². The van der Waals surface area contributed by atoms with Crippen molar-refractivity contribution < 1.29 is 9.90 Å². The fraction of sp³-hybridized carbons (Fsp3) is 0. The van der Waals surface area contributed by atoms with Gasteiger partial charge in [-0.1, -0.05) is 17.7 Å². The highest BCUT2D eigenvalue weighted by molar-refractivity contribution is 6.34. The Bertz CT molecular complexity index is 726. The lowest BCUT2D eigenvalue weighted by Crippen LogP contribution is -2.05.